The van der Waals surface area contributed by atoms with Crippen molar-refractivity contribution in [1.82, 2.24) is 4.98 Å². The molecule has 4 rings (SSSR count). The average molecular weight is 410 g/mol. The van der Waals surface area contributed by atoms with Crippen molar-refractivity contribution in [2.45, 2.75) is 33.6 Å². The zero-order chi connectivity index (χ0) is 20.5. The number of rotatable bonds is 4. The standard InChI is InChI=1S/C23H27N3O2S/c1-14-11-15(2)21(16(3)12-14)25-22(27)17-7-9-26(10-8-17)23-24-19-6-5-18(28-4)13-20(19)29-23/h5-6,11-13,17H,7-10H2,1-4H3,(H,25,27). The Kier molecular flexibility index (Phi) is 5.46. The van der Waals surface area contributed by atoms with Gasteiger partial charge < -0.3 is 15.0 Å². The second kappa shape index (κ2) is 8.03. The highest BCUT2D eigenvalue weighted by molar-refractivity contribution is 7.22. The Hall–Kier alpha value is -2.60. The summed E-state index contributed by atoms with van der Waals surface area (Å²) in [5, 5.41) is 4.21. The van der Waals surface area contributed by atoms with Crippen LogP contribution >= 0.6 is 11.3 Å². The summed E-state index contributed by atoms with van der Waals surface area (Å²) in [7, 11) is 1.68. The summed E-state index contributed by atoms with van der Waals surface area (Å²) in [6.45, 7) is 7.89. The first-order chi connectivity index (χ1) is 13.9. The minimum atomic E-state index is 0.0424. The molecule has 1 aliphatic rings. The number of benzene rings is 2. The maximum Gasteiger partial charge on any atom is 0.227 e. The van der Waals surface area contributed by atoms with Gasteiger partial charge in [-0.1, -0.05) is 29.0 Å². The SMILES string of the molecule is COc1ccc2nc(N3CCC(C(=O)Nc4c(C)cc(C)cc4C)CC3)sc2c1. The van der Waals surface area contributed by atoms with Gasteiger partial charge in [0.2, 0.25) is 5.91 Å². The number of fused-ring (bicyclic) bond motifs is 1. The number of nitrogens with one attached hydrogen (secondary N) is 1. The molecule has 0 unspecified atom stereocenters. The first-order valence-electron chi connectivity index (χ1n) is 10.0. The van der Waals surface area contributed by atoms with Crippen LogP contribution in [-0.2, 0) is 4.79 Å². The van der Waals surface area contributed by atoms with Crippen LogP contribution in [-0.4, -0.2) is 31.1 Å². The molecule has 1 N–H and O–H groups in total. The first kappa shape index (κ1) is 19.7. The van der Waals surface area contributed by atoms with Crippen molar-refractivity contribution in [3.63, 3.8) is 0 Å². The number of piperidine rings is 1. The molecule has 6 heteroatoms. The van der Waals surface area contributed by atoms with E-state index in [0.29, 0.717) is 0 Å². The van der Waals surface area contributed by atoms with Crippen LogP contribution in [0.4, 0.5) is 10.8 Å². The number of aryl methyl sites for hydroxylation is 3. The van der Waals surface area contributed by atoms with Gasteiger partial charge >= 0.3 is 0 Å². The van der Waals surface area contributed by atoms with Gasteiger partial charge in [-0.05, 0) is 62.9 Å². The second-order valence-corrected chi connectivity index (χ2v) is 8.86. The molecule has 0 aliphatic carbocycles. The number of hydrogen-bond acceptors (Lipinski definition) is 5. The monoisotopic (exact) mass is 409 g/mol. The summed E-state index contributed by atoms with van der Waals surface area (Å²) >= 11 is 1.69. The molecule has 1 saturated heterocycles. The molecule has 1 amide bonds. The molecular weight excluding hydrogens is 382 g/mol. The van der Waals surface area contributed by atoms with Crippen molar-refractivity contribution in [1.29, 1.82) is 0 Å². The molecule has 152 valence electrons. The van der Waals surface area contributed by atoms with Gasteiger partial charge in [0.15, 0.2) is 5.13 Å². The molecule has 0 saturated carbocycles. The number of aromatic nitrogens is 1. The van der Waals surface area contributed by atoms with Crippen LogP contribution in [0.25, 0.3) is 10.2 Å². The molecule has 3 aromatic rings. The van der Waals surface area contributed by atoms with Crippen LogP contribution in [0.3, 0.4) is 0 Å². The Morgan fingerprint density at radius 1 is 1.14 bits per heavy atom. The van der Waals surface area contributed by atoms with E-state index in [1.165, 1.54) is 5.56 Å². The predicted molar refractivity (Wildman–Crippen MR) is 120 cm³/mol. The molecule has 2 aromatic carbocycles. The molecule has 0 bridgehead atoms. The smallest absolute Gasteiger partial charge is 0.227 e. The Labute approximate surface area is 175 Å². The van der Waals surface area contributed by atoms with Crippen LogP contribution in [0.5, 0.6) is 5.75 Å². The van der Waals surface area contributed by atoms with Crippen molar-refractivity contribution in [3.05, 3.63) is 47.0 Å². The average Bonchev–Trinajstić information content (AvgIpc) is 3.13. The number of hydrogen-bond donors (Lipinski definition) is 1. The van der Waals surface area contributed by atoms with Crippen LogP contribution in [0.2, 0.25) is 0 Å². The Morgan fingerprint density at radius 2 is 1.83 bits per heavy atom. The Balaban J connectivity index is 1.41. The van der Waals surface area contributed by atoms with Gasteiger partial charge in [-0.3, -0.25) is 4.79 Å². The van der Waals surface area contributed by atoms with Gasteiger partial charge in [0.05, 0.1) is 17.3 Å². The fraction of sp³-hybridized carbons (Fsp3) is 0.391. The molecule has 5 nitrogen and oxygen atoms in total. The molecule has 1 aromatic heterocycles. The van der Waals surface area contributed by atoms with Gasteiger partial charge in [-0.15, -0.1) is 0 Å². The van der Waals surface area contributed by atoms with Crippen LogP contribution in [0, 0.1) is 26.7 Å². The van der Waals surface area contributed by atoms with E-state index in [2.05, 4.69) is 43.1 Å². The predicted octanol–water partition coefficient (Wildman–Crippen LogP) is 5.09. The highest BCUT2D eigenvalue weighted by Crippen LogP contribution is 2.34. The lowest BCUT2D eigenvalue weighted by Crippen LogP contribution is -2.38. The summed E-state index contributed by atoms with van der Waals surface area (Å²) in [5.41, 5.74) is 5.43. The fourth-order valence-electron chi connectivity index (χ4n) is 4.09. The van der Waals surface area contributed by atoms with Crippen molar-refractivity contribution < 1.29 is 9.53 Å². The van der Waals surface area contributed by atoms with E-state index in [0.717, 1.165) is 63.8 Å². The summed E-state index contributed by atoms with van der Waals surface area (Å²) in [5.74, 6) is 1.03. The summed E-state index contributed by atoms with van der Waals surface area (Å²) in [6.07, 6.45) is 1.68. The van der Waals surface area contributed by atoms with E-state index in [1.807, 2.05) is 18.2 Å². The van der Waals surface area contributed by atoms with E-state index >= 15 is 0 Å². The van der Waals surface area contributed by atoms with Crippen LogP contribution in [0.15, 0.2) is 30.3 Å². The number of amides is 1. The third-order valence-electron chi connectivity index (χ3n) is 5.65. The normalized spacial score (nSPS) is 15.0. The molecule has 0 atom stereocenters. The quantitative estimate of drug-likeness (QED) is 0.652. The number of methoxy groups -OCH3 is 1. The van der Waals surface area contributed by atoms with Gasteiger partial charge in [-0.2, -0.15) is 0 Å². The minimum Gasteiger partial charge on any atom is -0.497 e. The topological polar surface area (TPSA) is 54.5 Å². The largest absolute Gasteiger partial charge is 0.497 e. The summed E-state index contributed by atoms with van der Waals surface area (Å²) in [6, 6.07) is 10.2. The minimum absolute atomic E-state index is 0.0424. The molecular formula is C23H27N3O2S. The number of anilines is 2. The lowest BCUT2D eigenvalue weighted by atomic mass is 9.95. The van der Waals surface area contributed by atoms with E-state index in [4.69, 9.17) is 9.72 Å². The molecule has 0 radical (unpaired) electrons. The maximum atomic E-state index is 12.9. The van der Waals surface area contributed by atoms with Crippen LogP contribution < -0.4 is 15.0 Å². The van der Waals surface area contributed by atoms with Crippen molar-refractivity contribution >= 4 is 38.3 Å². The molecule has 2 heterocycles. The van der Waals surface area contributed by atoms with Crippen LogP contribution in [0.1, 0.15) is 29.5 Å². The number of carbonyl (C=O) groups excluding carboxylic acids is 1. The molecule has 1 aliphatic heterocycles. The number of ether oxygens (including phenoxy) is 1. The third-order valence-corrected chi connectivity index (χ3v) is 6.72. The van der Waals surface area contributed by atoms with Gasteiger partial charge in [0.1, 0.15) is 5.75 Å². The zero-order valence-electron chi connectivity index (χ0n) is 17.4. The van der Waals surface area contributed by atoms with Gasteiger partial charge in [0.25, 0.3) is 0 Å². The van der Waals surface area contributed by atoms with E-state index in [9.17, 15) is 4.79 Å². The first-order valence-corrected chi connectivity index (χ1v) is 10.8. The van der Waals surface area contributed by atoms with E-state index in [1.54, 1.807) is 18.4 Å². The lowest BCUT2D eigenvalue weighted by Gasteiger charge is -2.31. The van der Waals surface area contributed by atoms with E-state index in [-0.39, 0.29) is 11.8 Å². The third kappa shape index (κ3) is 4.08. The summed E-state index contributed by atoms with van der Waals surface area (Å²) in [4.78, 5) is 19.9. The highest BCUT2D eigenvalue weighted by Gasteiger charge is 2.27. The number of nitrogens with zero attached hydrogens (tertiary/aromatic N) is 2. The highest BCUT2D eigenvalue weighted by atomic mass is 32.1. The van der Waals surface area contributed by atoms with Gasteiger partial charge in [-0.25, -0.2) is 4.98 Å². The number of thiazole rings is 1. The van der Waals surface area contributed by atoms with E-state index < -0.39 is 0 Å². The fourth-order valence-corrected chi connectivity index (χ4v) is 5.14. The number of carbonyl (C=O) groups is 1. The Morgan fingerprint density at radius 3 is 2.48 bits per heavy atom. The molecule has 0 spiro atoms. The van der Waals surface area contributed by atoms with Gasteiger partial charge in [0, 0.05) is 24.7 Å². The molecule has 1 fully saturated rings. The maximum absolute atomic E-state index is 12.9. The van der Waals surface area contributed by atoms with Crippen molar-refractivity contribution in [2.75, 3.05) is 30.4 Å². The second-order valence-electron chi connectivity index (χ2n) is 7.85. The van der Waals surface area contributed by atoms with Crippen molar-refractivity contribution in [3.8, 4) is 5.75 Å². The summed E-state index contributed by atoms with van der Waals surface area (Å²) < 4.78 is 6.44. The lowest BCUT2D eigenvalue weighted by molar-refractivity contribution is -0.120. The zero-order valence-corrected chi connectivity index (χ0v) is 18.2. The molecule has 29 heavy (non-hydrogen) atoms. The van der Waals surface area contributed by atoms with Crippen molar-refractivity contribution in [2.24, 2.45) is 5.92 Å². The Bertz CT molecular complexity index is 1030.